The minimum atomic E-state index is -1.01. The van der Waals surface area contributed by atoms with Crippen LogP contribution >= 0.6 is 11.8 Å². The van der Waals surface area contributed by atoms with Gasteiger partial charge in [-0.2, -0.15) is 5.26 Å². The number of aromatic hydroxyl groups is 2. The Morgan fingerprint density at radius 2 is 1.85 bits per heavy atom. The van der Waals surface area contributed by atoms with Crippen molar-refractivity contribution in [1.82, 2.24) is 15.1 Å². The van der Waals surface area contributed by atoms with Crippen LogP contribution in [-0.2, 0) is 20.7 Å². The third-order valence-electron chi connectivity index (χ3n) is 11.0. The predicted molar refractivity (Wildman–Crippen MR) is 188 cm³/mol. The summed E-state index contributed by atoms with van der Waals surface area (Å²) in [6.45, 7) is 3.44. The summed E-state index contributed by atoms with van der Waals surface area (Å²) in [5, 5.41) is 37.1. The Bertz CT molecular complexity index is 2020. The number of hydrogen-bond acceptors (Lipinski definition) is 12. The number of ether oxygens (including phenoxy) is 4. The summed E-state index contributed by atoms with van der Waals surface area (Å²) in [7, 11) is 3.50. The smallest absolute Gasteiger partial charge is 0.329 e. The molecule has 0 saturated carbocycles. The Morgan fingerprint density at radius 3 is 2.58 bits per heavy atom. The van der Waals surface area contributed by atoms with Gasteiger partial charge in [0.15, 0.2) is 23.0 Å². The summed E-state index contributed by atoms with van der Waals surface area (Å²) < 4.78 is 23.6. The average molecular weight is 938 g/mol. The van der Waals surface area contributed by atoms with E-state index in [2.05, 4.69) is 21.2 Å². The molecule has 2 fully saturated rings. The zero-order chi connectivity index (χ0) is 35.7. The Hall–Kier alpha value is -3.46. The minimum Gasteiger partial charge on any atom is -0.507 e. The molecule has 14 heteroatoms. The maximum Gasteiger partial charge on any atom is 0.329 e. The molecule has 3 aromatic carbocycles. The molecule has 6 aliphatic rings. The fourth-order valence-electron chi connectivity index (χ4n) is 8.76. The number of aryl methyl sites for hydroxylation is 1. The number of piperazine rings is 1. The number of phenolic OH excluding ortho intramolecular Hbond substituents is 2. The van der Waals surface area contributed by atoms with Gasteiger partial charge in [-0.1, -0.05) is 36.4 Å². The van der Waals surface area contributed by atoms with E-state index < -0.39 is 47.3 Å². The summed E-state index contributed by atoms with van der Waals surface area (Å²) in [6, 6.07) is 10.4. The number of esters is 1. The van der Waals surface area contributed by atoms with E-state index in [1.54, 1.807) is 13.0 Å². The van der Waals surface area contributed by atoms with Gasteiger partial charge >= 0.3 is 5.97 Å². The summed E-state index contributed by atoms with van der Waals surface area (Å²) in [5.41, 5.74) is 5.02. The normalized spacial score (nSPS) is 27.4. The number of amides is 1. The molecule has 0 spiro atoms. The van der Waals surface area contributed by atoms with E-state index in [1.165, 1.54) is 24.9 Å². The van der Waals surface area contributed by atoms with Crippen molar-refractivity contribution in [2.75, 3.05) is 33.3 Å². The molecule has 3 aromatic rings. The molecule has 4 bridgehead atoms. The molecule has 1 radical (unpaired) electrons. The number of fused-ring (bicyclic) bond motifs is 10. The van der Waals surface area contributed by atoms with Crippen LogP contribution in [0.3, 0.4) is 0 Å². The SMILES string of the molecule is COc1c(C)cc2c(c1O)[C@@H]1C3[C@@H]4SC[C@H](NC(=O)/C=C/c5ccccc5)C(=O)OC[C@@H](c5c6c(c(C)c(O)c54)OCO6)N3[C@@H](C#N)[C@H](C2)N1C.[Ac]. The van der Waals surface area contributed by atoms with Crippen molar-refractivity contribution in [2.45, 2.75) is 61.8 Å². The predicted octanol–water partition coefficient (Wildman–Crippen LogP) is 4.21. The Morgan fingerprint density at radius 1 is 1.10 bits per heavy atom. The summed E-state index contributed by atoms with van der Waals surface area (Å²) >= 11 is 1.39. The van der Waals surface area contributed by atoms with E-state index in [0.29, 0.717) is 45.9 Å². The van der Waals surface area contributed by atoms with Gasteiger partial charge in [0.1, 0.15) is 24.4 Å². The zero-order valence-electron chi connectivity index (χ0n) is 29.2. The maximum atomic E-state index is 13.7. The number of methoxy groups -OCH3 is 1. The van der Waals surface area contributed by atoms with Crippen molar-refractivity contribution in [3.05, 3.63) is 81.4 Å². The number of nitrogens with one attached hydrogen (secondary N) is 1. The molecule has 6 aliphatic heterocycles. The molecule has 2 saturated heterocycles. The van der Waals surface area contributed by atoms with Crippen LogP contribution in [0, 0.1) is 69.2 Å². The number of phenols is 2. The molecule has 0 aromatic heterocycles. The summed E-state index contributed by atoms with van der Waals surface area (Å²) in [6.07, 6.45) is 3.56. The Labute approximate surface area is 341 Å². The van der Waals surface area contributed by atoms with Crippen molar-refractivity contribution in [3.8, 4) is 34.8 Å². The fraction of sp³-hybridized carbons (Fsp3) is 0.395. The van der Waals surface area contributed by atoms with Crippen LogP contribution in [0.25, 0.3) is 6.08 Å². The van der Waals surface area contributed by atoms with Crippen LogP contribution in [-0.4, -0.2) is 89.4 Å². The molecule has 12 nitrogen and oxygen atoms in total. The van der Waals surface area contributed by atoms with Crippen LogP contribution in [0.2, 0.25) is 0 Å². The van der Waals surface area contributed by atoms with E-state index in [1.807, 2.05) is 50.4 Å². The van der Waals surface area contributed by atoms with Gasteiger partial charge in [0.05, 0.1) is 30.5 Å². The molecule has 1 amide bonds. The first-order valence-electron chi connectivity index (χ1n) is 16.9. The molecular weight excluding hydrogens is 900 g/mol. The van der Waals surface area contributed by atoms with Gasteiger partial charge in [-0.3, -0.25) is 14.6 Å². The van der Waals surface area contributed by atoms with Crippen molar-refractivity contribution < 1.29 is 82.8 Å². The van der Waals surface area contributed by atoms with Crippen LogP contribution in [0.5, 0.6) is 28.7 Å². The number of rotatable bonds is 4. The summed E-state index contributed by atoms with van der Waals surface area (Å²) in [4.78, 5) is 31.1. The van der Waals surface area contributed by atoms with Gasteiger partial charge in [-0.25, -0.2) is 4.79 Å². The number of likely N-dealkylation sites (N-methyl/N-ethyl adjacent to an activating group) is 1. The fourth-order valence-corrected chi connectivity index (χ4v) is 10.3. The first kappa shape index (κ1) is 36.9. The molecule has 1 unspecified atom stereocenters. The number of benzene rings is 3. The van der Waals surface area contributed by atoms with E-state index in [-0.39, 0.29) is 80.8 Å². The third-order valence-corrected chi connectivity index (χ3v) is 12.4. The van der Waals surface area contributed by atoms with Crippen molar-refractivity contribution in [1.29, 1.82) is 5.26 Å². The second kappa shape index (κ2) is 14.4. The minimum absolute atomic E-state index is 0. The van der Waals surface area contributed by atoms with Gasteiger partial charge in [0.25, 0.3) is 0 Å². The van der Waals surface area contributed by atoms with Crippen LogP contribution < -0.4 is 19.5 Å². The second-order valence-electron chi connectivity index (χ2n) is 13.6. The van der Waals surface area contributed by atoms with Gasteiger partial charge in [0, 0.05) is 90.2 Å². The summed E-state index contributed by atoms with van der Waals surface area (Å²) in [5.74, 6) is 0.389. The van der Waals surface area contributed by atoms with E-state index in [9.17, 15) is 25.1 Å². The van der Waals surface area contributed by atoms with E-state index in [0.717, 1.165) is 16.7 Å². The maximum absolute atomic E-state index is 13.7. The van der Waals surface area contributed by atoms with E-state index >= 15 is 0 Å². The molecule has 52 heavy (non-hydrogen) atoms. The van der Waals surface area contributed by atoms with Gasteiger partial charge in [0.2, 0.25) is 12.7 Å². The van der Waals surface area contributed by atoms with Crippen LogP contribution in [0.1, 0.15) is 56.3 Å². The number of thioether (sulfide) groups is 1. The van der Waals surface area contributed by atoms with Crippen molar-refractivity contribution >= 4 is 29.7 Å². The van der Waals surface area contributed by atoms with Crippen LogP contribution in [0.4, 0.5) is 0 Å². The molecule has 9 rings (SSSR count). The molecular formula is C38H38AcN4O8S. The monoisotopic (exact) mass is 937 g/mol. The largest absolute Gasteiger partial charge is 0.507 e. The zero-order valence-corrected chi connectivity index (χ0v) is 34.7. The van der Waals surface area contributed by atoms with Crippen molar-refractivity contribution in [3.63, 3.8) is 0 Å². The van der Waals surface area contributed by atoms with Gasteiger partial charge in [-0.05, 0) is 50.1 Å². The Balaban J connectivity index is 0.00000420. The molecule has 7 atom stereocenters. The second-order valence-corrected chi connectivity index (χ2v) is 14.8. The Kier molecular flexibility index (Phi) is 10.2. The van der Waals surface area contributed by atoms with Gasteiger partial charge < -0.3 is 34.5 Å². The first-order chi connectivity index (χ1) is 24.6. The molecule has 6 heterocycles. The molecule has 3 N–H and O–H groups in total. The average Bonchev–Trinajstić information content (AvgIpc) is 3.61. The number of carbonyl (C=O) groups excluding carboxylic acids is 2. The molecule has 267 valence electrons. The van der Waals surface area contributed by atoms with Gasteiger partial charge in [-0.15, -0.1) is 11.8 Å². The number of hydrogen-bond donors (Lipinski definition) is 3. The number of nitrogens with zero attached hydrogens (tertiary/aromatic N) is 3. The van der Waals surface area contributed by atoms with Crippen LogP contribution in [0.15, 0.2) is 42.5 Å². The van der Waals surface area contributed by atoms with E-state index in [4.69, 9.17) is 18.9 Å². The standard InChI is InChI=1S/C38H38N4O8S.Ac/c1-18-12-21-13-23-24(14-39)42-25-15-48-38(46)22(40-26(43)11-10-20-8-6-5-7-9-20)16-51-37(29-28(25)36-35(49-17-50-36)19(2)32(29)44)31(42)30(41(23)3)27(21)33(45)34(18)47-4;/h5-12,22-25,30-31,37,44-45H,13,15-17H2,1-4H3,(H,40,43);/b11-10+;/t22-,23-,24-,25-,30+,31?,37+;/m0./s1. The number of nitriles is 1. The molecule has 0 aliphatic carbocycles. The quantitative estimate of drug-likeness (QED) is 0.254. The first-order valence-corrected chi connectivity index (χ1v) is 17.9. The third kappa shape index (κ3) is 5.75. The number of carbonyl (C=O) groups is 2. The van der Waals surface area contributed by atoms with Crippen molar-refractivity contribution in [2.24, 2.45) is 0 Å². The topological polar surface area (TPSA) is 154 Å².